The van der Waals surface area contributed by atoms with Crippen LogP contribution in [0.15, 0.2) is 64.2 Å². The number of amides is 2. The van der Waals surface area contributed by atoms with Crippen molar-refractivity contribution in [2.24, 2.45) is 5.10 Å². The standard InChI is InChI=1S/C26H23BrClN3O6/c1-2-34-23-10-16(9-19(27)25(23)35-14-18-5-3-4-6-20(18)28)12-30-31-24(32)13-29-26(33)17-7-8-21-22(11-17)37-15-36-21/h3-12H,2,13-15H2,1H3,(H,29,33)(H,31,32)/b30-12+. The highest BCUT2D eigenvalue weighted by Crippen LogP contribution is 2.37. The molecular weight excluding hydrogens is 566 g/mol. The van der Waals surface area contributed by atoms with Crippen molar-refractivity contribution < 1.29 is 28.5 Å². The third-order valence-corrected chi connectivity index (χ3v) is 6.07. The van der Waals surface area contributed by atoms with Gasteiger partial charge in [-0.2, -0.15) is 5.10 Å². The molecule has 0 radical (unpaired) electrons. The smallest absolute Gasteiger partial charge is 0.259 e. The van der Waals surface area contributed by atoms with Gasteiger partial charge in [-0.3, -0.25) is 9.59 Å². The first-order valence-corrected chi connectivity index (χ1v) is 12.4. The van der Waals surface area contributed by atoms with Crippen LogP contribution in [-0.2, 0) is 11.4 Å². The van der Waals surface area contributed by atoms with Gasteiger partial charge in [-0.25, -0.2) is 5.43 Å². The molecule has 0 bridgehead atoms. The summed E-state index contributed by atoms with van der Waals surface area (Å²) in [6.07, 6.45) is 1.46. The van der Waals surface area contributed by atoms with E-state index in [0.717, 1.165) is 5.56 Å². The predicted octanol–water partition coefficient (Wildman–Crippen LogP) is 4.69. The first-order valence-electron chi connectivity index (χ1n) is 11.3. The zero-order valence-electron chi connectivity index (χ0n) is 19.8. The number of halogens is 2. The van der Waals surface area contributed by atoms with Gasteiger partial charge < -0.3 is 24.3 Å². The Bertz CT molecular complexity index is 1330. The van der Waals surface area contributed by atoms with Crippen molar-refractivity contribution in [1.29, 1.82) is 0 Å². The minimum Gasteiger partial charge on any atom is -0.490 e. The number of benzene rings is 3. The molecule has 0 saturated heterocycles. The summed E-state index contributed by atoms with van der Waals surface area (Å²) in [5, 5.41) is 7.12. The molecule has 3 aromatic rings. The molecular formula is C26H23BrClN3O6. The van der Waals surface area contributed by atoms with Crippen molar-refractivity contribution in [3.05, 3.63) is 80.8 Å². The van der Waals surface area contributed by atoms with Gasteiger partial charge in [0, 0.05) is 16.1 Å². The molecule has 9 nitrogen and oxygen atoms in total. The van der Waals surface area contributed by atoms with Crippen LogP contribution in [0.25, 0.3) is 0 Å². The Balaban J connectivity index is 1.33. The predicted molar refractivity (Wildman–Crippen MR) is 142 cm³/mol. The molecule has 37 heavy (non-hydrogen) atoms. The summed E-state index contributed by atoms with van der Waals surface area (Å²) in [6.45, 7) is 2.41. The van der Waals surface area contributed by atoms with Crippen LogP contribution in [0, 0.1) is 0 Å². The number of carbonyl (C=O) groups is 2. The van der Waals surface area contributed by atoms with Gasteiger partial charge in [0.05, 0.1) is 23.8 Å². The lowest BCUT2D eigenvalue weighted by Gasteiger charge is -2.15. The van der Waals surface area contributed by atoms with Crippen LogP contribution in [0.5, 0.6) is 23.0 Å². The quantitative estimate of drug-likeness (QED) is 0.263. The van der Waals surface area contributed by atoms with Gasteiger partial charge in [0.2, 0.25) is 6.79 Å². The molecule has 2 N–H and O–H groups in total. The Morgan fingerprint density at radius 1 is 1.11 bits per heavy atom. The number of hydrogen-bond donors (Lipinski definition) is 2. The van der Waals surface area contributed by atoms with E-state index < -0.39 is 11.8 Å². The molecule has 1 aliphatic rings. The second-order valence-corrected chi connectivity index (χ2v) is 8.95. The lowest BCUT2D eigenvalue weighted by Crippen LogP contribution is -2.34. The normalized spacial score (nSPS) is 11.9. The maximum atomic E-state index is 12.3. The molecule has 3 aromatic carbocycles. The second-order valence-electron chi connectivity index (χ2n) is 7.69. The lowest BCUT2D eigenvalue weighted by molar-refractivity contribution is -0.120. The van der Waals surface area contributed by atoms with Crippen LogP contribution in [0.4, 0.5) is 0 Å². The summed E-state index contributed by atoms with van der Waals surface area (Å²) in [5.74, 6) is 1.17. The number of ether oxygens (including phenoxy) is 4. The molecule has 0 fully saturated rings. The van der Waals surface area contributed by atoms with Gasteiger partial charge in [0.15, 0.2) is 23.0 Å². The zero-order valence-corrected chi connectivity index (χ0v) is 22.1. The van der Waals surface area contributed by atoms with E-state index >= 15 is 0 Å². The summed E-state index contributed by atoms with van der Waals surface area (Å²) in [7, 11) is 0. The third kappa shape index (κ3) is 6.93. The van der Waals surface area contributed by atoms with E-state index in [1.165, 1.54) is 6.21 Å². The highest BCUT2D eigenvalue weighted by molar-refractivity contribution is 9.10. The summed E-state index contributed by atoms with van der Waals surface area (Å²) in [6, 6.07) is 15.7. The van der Waals surface area contributed by atoms with Crippen LogP contribution in [0.2, 0.25) is 5.02 Å². The Kier molecular flexibility index (Phi) is 8.86. The zero-order chi connectivity index (χ0) is 26.2. The van der Waals surface area contributed by atoms with Crippen LogP contribution in [-0.4, -0.2) is 38.0 Å². The van der Waals surface area contributed by atoms with Crippen molar-refractivity contribution in [3.63, 3.8) is 0 Å². The fraction of sp³-hybridized carbons (Fsp3) is 0.192. The minimum atomic E-state index is -0.492. The first kappa shape index (κ1) is 26.3. The van der Waals surface area contributed by atoms with Crippen molar-refractivity contribution >= 4 is 45.6 Å². The van der Waals surface area contributed by atoms with Crippen LogP contribution in [0.3, 0.4) is 0 Å². The topological polar surface area (TPSA) is 107 Å². The Morgan fingerprint density at radius 3 is 2.73 bits per heavy atom. The van der Waals surface area contributed by atoms with Gasteiger partial charge in [0.1, 0.15) is 6.61 Å². The Labute approximate surface area is 226 Å². The number of nitrogens with zero attached hydrogens (tertiary/aromatic N) is 1. The molecule has 192 valence electrons. The summed E-state index contributed by atoms with van der Waals surface area (Å²) in [5.41, 5.74) is 4.24. The molecule has 1 heterocycles. The molecule has 4 rings (SSSR count). The van der Waals surface area contributed by atoms with E-state index in [2.05, 4.69) is 31.8 Å². The van der Waals surface area contributed by atoms with Crippen LogP contribution in [0.1, 0.15) is 28.4 Å². The molecule has 0 spiro atoms. The number of hydrogen-bond acceptors (Lipinski definition) is 7. The maximum Gasteiger partial charge on any atom is 0.259 e. The third-order valence-electron chi connectivity index (χ3n) is 5.11. The van der Waals surface area contributed by atoms with Crippen LogP contribution >= 0.6 is 27.5 Å². The number of nitrogens with one attached hydrogen (secondary N) is 2. The summed E-state index contributed by atoms with van der Waals surface area (Å²) < 4.78 is 22.8. The molecule has 11 heteroatoms. The molecule has 0 unspecified atom stereocenters. The van der Waals surface area contributed by atoms with Crippen LogP contribution < -0.4 is 29.7 Å². The number of carbonyl (C=O) groups excluding carboxylic acids is 2. The van der Waals surface area contributed by atoms with Crippen molar-refractivity contribution in [3.8, 4) is 23.0 Å². The van der Waals surface area contributed by atoms with E-state index in [4.69, 9.17) is 30.5 Å². The Morgan fingerprint density at radius 2 is 1.92 bits per heavy atom. The van der Waals surface area contributed by atoms with Gasteiger partial charge in [-0.05, 0) is 64.8 Å². The minimum absolute atomic E-state index is 0.113. The van der Waals surface area contributed by atoms with Gasteiger partial charge in [-0.1, -0.05) is 29.8 Å². The van der Waals surface area contributed by atoms with Crippen molar-refractivity contribution in [2.45, 2.75) is 13.5 Å². The van der Waals surface area contributed by atoms with Crippen molar-refractivity contribution in [1.82, 2.24) is 10.7 Å². The van der Waals surface area contributed by atoms with E-state index in [-0.39, 0.29) is 19.9 Å². The molecule has 0 aliphatic carbocycles. The fourth-order valence-electron chi connectivity index (χ4n) is 3.35. The van der Waals surface area contributed by atoms with E-state index in [9.17, 15) is 9.59 Å². The van der Waals surface area contributed by atoms with E-state index in [1.54, 1.807) is 36.4 Å². The van der Waals surface area contributed by atoms with Gasteiger partial charge in [0.25, 0.3) is 11.8 Å². The Hall–Kier alpha value is -3.76. The highest BCUT2D eigenvalue weighted by Gasteiger charge is 2.17. The molecule has 1 aliphatic heterocycles. The van der Waals surface area contributed by atoms with E-state index in [1.807, 2.05) is 25.1 Å². The number of rotatable bonds is 10. The highest BCUT2D eigenvalue weighted by atomic mass is 79.9. The van der Waals surface area contributed by atoms with Gasteiger partial charge >= 0.3 is 0 Å². The summed E-state index contributed by atoms with van der Waals surface area (Å²) >= 11 is 9.73. The molecule has 0 saturated carbocycles. The second kappa shape index (κ2) is 12.5. The molecule has 0 aromatic heterocycles. The molecule has 2 amide bonds. The van der Waals surface area contributed by atoms with E-state index in [0.29, 0.717) is 50.2 Å². The maximum absolute atomic E-state index is 12.3. The lowest BCUT2D eigenvalue weighted by atomic mass is 10.2. The van der Waals surface area contributed by atoms with Crippen molar-refractivity contribution in [2.75, 3.05) is 19.9 Å². The van der Waals surface area contributed by atoms with Gasteiger partial charge in [-0.15, -0.1) is 0 Å². The fourth-order valence-corrected chi connectivity index (χ4v) is 4.11. The largest absolute Gasteiger partial charge is 0.490 e. The summed E-state index contributed by atoms with van der Waals surface area (Å²) in [4.78, 5) is 24.5. The number of fused-ring (bicyclic) bond motifs is 1. The SMILES string of the molecule is CCOc1cc(/C=N/NC(=O)CNC(=O)c2ccc3c(c2)OCO3)cc(Br)c1OCc1ccccc1Cl. The molecule has 0 atom stereocenters. The first-order chi connectivity index (χ1) is 17.9. The average molecular weight is 589 g/mol. The average Bonchev–Trinajstić information content (AvgIpc) is 3.36. The monoisotopic (exact) mass is 587 g/mol. The number of hydrazone groups is 1.